The van der Waals surface area contributed by atoms with E-state index in [2.05, 4.69) is 19.9 Å². The molecule has 6 unspecified atom stereocenters. The zero-order valence-corrected chi connectivity index (χ0v) is 19.8. The summed E-state index contributed by atoms with van der Waals surface area (Å²) >= 11 is 0. The van der Waals surface area contributed by atoms with Crippen LogP contribution in [0.4, 0.5) is 18.9 Å². The van der Waals surface area contributed by atoms with Gasteiger partial charge >= 0.3 is 12.1 Å². The third-order valence-electron chi connectivity index (χ3n) is 9.09. The van der Waals surface area contributed by atoms with Gasteiger partial charge in [-0.25, -0.2) is 0 Å². The highest BCUT2D eigenvalue weighted by atomic mass is 19.4. The van der Waals surface area contributed by atoms with Gasteiger partial charge in [-0.3, -0.25) is 4.79 Å². The maximum absolute atomic E-state index is 13.1. The van der Waals surface area contributed by atoms with E-state index >= 15 is 0 Å². The number of carbonyl (C=O) groups excluding carboxylic acids is 1. The molecule has 0 radical (unpaired) electrons. The number of rotatable bonds is 3. The van der Waals surface area contributed by atoms with E-state index in [0.717, 1.165) is 32.0 Å². The zero-order valence-electron chi connectivity index (χ0n) is 19.8. The number of aliphatic hydroxyl groups is 1. The SMILES string of the molecule is CC1CCC=C2CC3OC(=O)C(C[NH+]4CCN(c5cccc(C(F)(F)F)c5)CC4)C3C(O)C21C. The van der Waals surface area contributed by atoms with Gasteiger partial charge in [0, 0.05) is 23.4 Å². The van der Waals surface area contributed by atoms with Crippen molar-refractivity contribution >= 4 is 11.7 Å². The summed E-state index contributed by atoms with van der Waals surface area (Å²) in [4.78, 5) is 16.1. The van der Waals surface area contributed by atoms with Crippen molar-refractivity contribution in [2.45, 2.75) is 51.5 Å². The number of allylic oxidation sites excluding steroid dienone is 1. The molecule has 0 bridgehead atoms. The second-order valence-electron chi connectivity index (χ2n) is 10.8. The van der Waals surface area contributed by atoms with Crippen LogP contribution in [0.15, 0.2) is 35.9 Å². The van der Waals surface area contributed by atoms with Gasteiger partial charge in [-0.1, -0.05) is 31.6 Å². The van der Waals surface area contributed by atoms with Crippen LogP contribution in [0.25, 0.3) is 0 Å². The van der Waals surface area contributed by atoms with Crippen LogP contribution >= 0.6 is 0 Å². The molecule has 2 aliphatic heterocycles. The lowest BCUT2D eigenvalue weighted by atomic mass is 9.55. The van der Waals surface area contributed by atoms with Crippen LogP contribution in [0.3, 0.4) is 0 Å². The number of esters is 1. The first-order valence-corrected chi connectivity index (χ1v) is 12.4. The molecular weight excluding hydrogens is 445 g/mol. The Bertz CT molecular complexity index is 972. The number of benzene rings is 1. The predicted octanol–water partition coefficient (Wildman–Crippen LogP) is 2.70. The summed E-state index contributed by atoms with van der Waals surface area (Å²) in [6, 6.07) is 5.47. The third-order valence-corrected chi connectivity index (χ3v) is 9.09. The molecule has 0 aromatic heterocycles. The van der Waals surface area contributed by atoms with Gasteiger partial charge < -0.3 is 19.6 Å². The Hall–Kier alpha value is -2.06. The lowest BCUT2D eigenvalue weighted by Crippen LogP contribution is -3.15. The number of aliphatic hydroxyl groups excluding tert-OH is 1. The molecule has 186 valence electrons. The fourth-order valence-electron chi connectivity index (χ4n) is 6.77. The van der Waals surface area contributed by atoms with Crippen LogP contribution in [0.2, 0.25) is 0 Å². The van der Waals surface area contributed by atoms with Crippen LogP contribution in [0.5, 0.6) is 0 Å². The fourth-order valence-corrected chi connectivity index (χ4v) is 6.77. The molecule has 4 aliphatic rings. The van der Waals surface area contributed by atoms with Crippen molar-refractivity contribution in [1.82, 2.24) is 0 Å². The van der Waals surface area contributed by atoms with E-state index in [1.54, 1.807) is 6.07 Å². The van der Waals surface area contributed by atoms with Crippen molar-refractivity contribution in [3.8, 4) is 0 Å². The smallest absolute Gasteiger partial charge is 0.416 e. The van der Waals surface area contributed by atoms with Gasteiger partial charge in [-0.15, -0.1) is 0 Å². The van der Waals surface area contributed by atoms with Crippen LogP contribution in [-0.2, 0) is 15.7 Å². The van der Waals surface area contributed by atoms with Crippen LogP contribution in [-0.4, -0.2) is 56.0 Å². The van der Waals surface area contributed by atoms with E-state index in [9.17, 15) is 23.1 Å². The molecule has 3 fully saturated rings. The third kappa shape index (κ3) is 3.92. The number of piperazine rings is 1. The number of hydrogen-bond donors (Lipinski definition) is 2. The molecule has 34 heavy (non-hydrogen) atoms. The fraction of sp³-hybridized carbons (Fsp3) is 0.654. The van der Waals surface area contributed by atoms with Crippen LogP contribution in [0, 0.1) is 23.2 Å². The molecular formula is C26H34F3N2O3+. The van der Waals surface area contributed by atoms with Crippen molar-refractivity contribution in [1.29, 1.82) is 0 Å². The average molecular weight is 480 g/mol. The van der Waals surface area contributed by atoms with Crippen molar-refractivity contribution in [2.24, 2.45) is 23.2 Å². The first-order chi connectivity index (χ1) is 16.1. The summed E-state index contributed by atoms with van der Waals surface area (Å²) < 4.78 is 45.1. The molecule has 0 spiro atoms. The number of nitrogens with one attached hydrogen (secondary N) is 1. The van der Waals surface area contributed by atoms with Crippen molar-refractivity contribution in [3.63, 3.8) is 0 Å². The van der Waals surface area contributed by atoms with E-state index in [4.69, 9.17) is 4.74 Å². The molecule has 8 heteroatoms. The van der Waals surface area contributed by atoms with Crippen LogP contribution in [0.1, 0.15) is 38.7 Å². The summed E-state index contributed by atoms with van der Waals surface area (Å²) in [5, 5.41) is 11.5. The summed E-state index contributed by atoms with van der Waals surface area (Å²) in [5.74, 6) is -0.410. The number of ether oxygens (including phenoxy) is 1. The topological polar surface area (TPSA) is 54.2 Å². The number of alkyl halides is 3. The number of nitrogens with zero attached hydrogens (tertiary/aromatic N) is 1. The number of halogens is 3. The molecule has 0 amide bonds. The Morgan fingerprint density at radius 3 is 2.71 bits per heavy atom. The molecule has 1 aromatic rings. The first kappa shape index (κ1) is 23.7. The Balaban J connectivity index is 1.26. The van der Waals surface area contributed by atoms with E-state index in [1.165, 1.54) is 22.6 Å². The summed E-state index contributed by atoms with van der Waals surface area (Å²) in [7, 11) is 0. The summed E-state index contributed by atoms with van der Waals surface area (Å²) in [6.07, 6.45) is -0.240. The molecule has 6 atom stereocenters. The van der Waals surface area contributed by atoms with Gasteiger partial charge in [0.15, 0.2) is 0 Å². The maximum atomic E-state index is 13.1. The second-order valence-corrected chi connectivity index (χ2v) is 10.8. The second kappa shape index (κ2) is 8.55. The summed E-state index contributed by atoms with van der Waals surface area (Å²) in [6.45, 7) is 7.63. The van der Waals surface area contributed by atoms with Gasteiger partial charge in [-0.05, 0) is 37.0 Å². The van der Waals surface area contributed by atoms with Crippen molar-refractivity contribution < 1.29 is 32.7 Å². The molecule has 2 N–H and O–H groups in total. The van der Waals surface area contributed by atoms with Gasteiger partial charge in [0.1, 0.15) is 12.0 Å². The Morgan fingerprint density at radius 1 is 1.26 bits per heavy atom. The van der Waals surface area contributed by atoms with Gasteiger partial charge in [0.05, 0.1) is 44.4 Å². The zero-order chi connectivity index (χ0) is 24.3. The molecule has 2 saturated heterocycles. The number of anilines is 1. The lowest BCUT2D eigenvalue weighted by molar-refractivity contribution is -0.903. The van der Waals surface area contributed by atoms with E-state index in [1.807, 2.05) is 4.90 Å². The Kier molecular flexibility index (Phi) is 5.96. The highest BCUT2D eigenvalue weighted by Crippen LogP contribution is 2.55. The van der Waals surface area contributed by atoms with Crippen molar-refractivity contribution in [3.05, 3.63) is 41.5 Å². The van der Waals surface area contributed by atoms with E-state index in [0.29, 0.717) is 37.7 Å². The van der Waals surface area contributed by atoms with Gasteiger partial charge in [-0.2, -0.15) is 13.2 Å². The number of fused-ring (bicyclic) bond motifs is 2. The number of quaternary nitrogens is 1. The Labute approximate surface area is 198 Å². The molecule has 5 nitrogen and oxygen atoms in total. The minimum Gasteiger partial charge on any atom is -0.461 e. The highest BCUT2D eigenvalue weighted by Gasteiger charge is 2.60. The molecule has 1 saturated carbocycles. The monoisotopic (exact) mass is 479 g/mol. The highest BCUT2D eigenvalue weighted by molar-refractivity contribution is 5.76. The lowest BCUT2D eigenvalue weighted by Gasteiger charge is -2.51. The maximum Gasteiger partial charge on any atom is 0.416 e. The van der Waals surface area contributed by atoms with Gasteiger partial charge in [0.2, 0.25) is 0 Å². The summed E-state index contributed by atoms with van der Waals surface area (Å²) in [5.41, 5.74) is 0.860. The normalized spacial score (nSPS) is 36.5. The van der Waals surface area contributed by atoms with E-state index in [-0.39, 0.29) is 29.3 Å². The molecule has 5 rings (SSSR count). The minimum atomic E-state index is -4.36. The van der Waals surface area contributed by atoms with Crippen molar-refractivity contribution in [2.75, 3.05) is 37.6 Å². The van der Waals surface area contributed by atoms with Crippen LogP contribution < -0.4 is 9.80 Å². The first-order valence-electron chi connectivity index (χ1n) is 12.4. The van der Waals surface area contributed by atoms with E-state index < -0.39 is 17.8 Å². The molecule has 1 aromatic carbocycles. The minimum absolute atomic E-state index is 0.204. The average Bonchev–Trinajstić information content (AvgIpc) is 3.11. The largest absolute Gasteiger partial charge is 0.461 e. The quantitative estimate of drug-likeness (QED) is 0.517. The molecule has 2 heterocycles. The van der Waals surface area contributed by atoms with Gasteiger partial charge in [0.25, 0.3) is 0 Å². The number of carbonyl (C=O) groups is 1. The number of hydrogen-bond acceptors (Lipinski definition) is 4. The Morgan fingerprint density at radius 2 is 2.00 bits per heavy atom. The molecule has 2 aliphatic carbocycles. The predicted molar refractivity (Wildman–Crippen MR) is 121 cm³/mol. The standard InChI is InChI=1S/C26H33F3N2O3/c1-16-5-3-6-17-14-21-22(23(32)25(16,17)2)20(24(33)34-21)15-30-9-11-31(12-10-30)19-8-4-7-18(13-19)26(27,28)29/h4,6-8,13,16,20-23,32H,3,5,9-12,14-15H2,1-2H3/p+1.